The fraction of sp³-hybridized carbons (Fsp3) is 0.448. The van der Waals surface area contributed by atoms with Gasteiger partial charge in [-0.25, -0.2) is 0 Å². The molecule has 1 aliphatic heterocycles. The first-order valence-corrected chi connectivity index (χ1v) is 12.9. The number of amides is 1. The Hall–Kier alpha value is -3.32. The topological polar surface area (TPSA) is 79.3 Å². The second kappa shape index (κ2) is 13.1. The zero-order valence-electron chi connectivity index (χ0n) is 21.8. The van der Waals surface area contributed by atoms with Gasteiger partial charge in [-0.05, 0) is 81.4 Å². The monoisotopic (exact) mass is 494 g/mol. The van der Waals surface area contributed by atoms with Crippen LogP contribution in [0.5, 0.6) is 11.5 Å². The Kier molecular flexibility index (Phi) is 9.94. The van der Waals surface area contributed by atoms with Crippen molar-refractivity contribution in [3.8, 4) is 11.5 Å². The first-order valence-electron chi connectivity index (χ1n) is 12.9. The normalized spacial score (nSPS) is 17.1. The number of likely N-dealkylation sites (tertiary alicyclic amines) is 1. The van der Waals surface area contributed by atoms with Crippen molar-refractivity contribution in [3.63, 3.8) is 0 Å². The molecule has 3 rings (SSSR count). The maximum atomic E-state index is 13.3. The Bertz CT molecular complexity index is 1060. The maximum Gasteiger partial charge on any atom is 0.295 e. The minimum atomic E-state index is -0.696. The van der Waals surface area contributed by atoms with E-state index in [1.54, 1.807) is 29.2 Å². The summed E-state index contributed by atoms with van der Waals surface area (Å²) >= 11 is 0. The fourth-order valence-electron chi connectivity index (χ4n) is 4.49. The van der Waals surface area contributed by atoms with E-state index in [0.29, 0.717) is 36.8 Å². The van der Waals surface area contributed by atoms with Crippen molar-refractivity contribution in [2.75, 3.05) is 39.4 Å². The first-order chi connectivity index (χ1) is 17.4. The molecule has 1 unspecified atom stereocenters. The highest BCUT2D eigenvalue weighted by molar-refractivity contribution is 6.46. The van der Waals surface area contributed by atoms with Gasteiger partial charge in [0.1, 0.15) is 17.3 Å². The van der Waals surface area contributed by atoms with Crippen LogP contribution in [0.1, 0.15) is 57.7 Å². The van der Waals surface area contributed by atoms with Gasteiger partial charge in [0.05, 0.1) is 24.8 Å². The maximum absolute atomic E-state index is 13.3. The van der Waals surface area contributed by atoms with Crippen molar-refractivity contribution >= 4 is 17.4 Å². The van der Waals surface area contributed by atoms with Gasteiger partial charge in [-0.15, -0.1) is 0 Å². The number of carbonyl (C=O) groups excluding carboxylic acids is 2. The van der Waals surface area contributed by atoms with E-state index >= 15 is 0 Å². The van der Waals surface area contributed by atoms with E-state index in [1.807, 2.05) is 38.1 Å². The average molecular weight is 495 g/mol. The summed E-state index contributed by atoms with van der Waals surface area (Å²) in [6.07, 6.45) is 1.61. The highest BCUT2D eigenvalue weighted by Crippen LogP contribution is 2.40. The lowest BCUT2D eigenvalue weighted by Crippen LogP contribution is -2.33. The predicted molar refractivity (Wildman–Crippen MR) is 141 cm³/mol. The highest BCUT2D eigenvalue weighted by atomic mass is 16.5. The molecule has 1 atom stereocenters. The number of benzene rings is 2. The number of aliphatic hydroxyl groups excluding tert-OH is 1. The molecule has 7 heteroatoms. The number of hydrogen-bond acceptors (Lipinski definition) is 6. The SMILES string of the molecule is CCCOc1ccc(/C(O)=C2\C(=O)C(=O)N(CCCN(CC)CC)C2c2cccc(OCC)c2)cc1. The van der Waals surface area contributed by atoms with Crippen LogP contribution < -0.4 is 9.47 Å². The van der Waals surface area contributed by atoms with Gasteiger partial charge in [0, 0.05) is 12.1 Å². The minimum Gasteiger partial charge on any atom is -0.507 e. The molecule has 36 heavy (non-hydrogen) atoms. The van der Waals surface area contributed by atoms with Crippen LogP contribution in [0.4, 0.5) is 0 Å². The second-order valence-corrected chi connectivity index (χ2v) is 8.75. The van der Waals surface area contributed by atoms with E-state index < -0.39 is 17.7 Å². The van der Waals surface area contributed by atoms with E-state index in [2.05, 4.69) is 18.7 Å². The summed E-state index contributed by atoms with van der Waals surface area (Å²) in [5, 5.41) is 11.3. The molecule has 1 N–H and O–H groups in total. The van der Waals surface area contributed by atoms with Crippen LogP contribution in [0.2, 0.25) is 0 Å². The third kappa shape index (κ3) is 6.26. The lowest BCUT2D eigenvalue weighted by Gasteiger charge is -2.27. The van der Waals surface area contributed by atoms with Crippen LogP contribution >= 0.6 is 0 Å². The molecule has 0 bridgehead atoms. The largest absolute Gasteiger partial charge is 0.507 e. The summed E-state index contributed by atoms with van der Waals surface area (Å²) < 4.78 is 11.3. The van der Waals surface area contributed by atoms with Crippen LogP contribution in [0.15, 0.2) is 54.1 Å². The number of aliphatic hydroxyl groups is 1. The molecule has 0 saturated carbocycles. The minimum absolute atomic E-state index is 0.0960. The molecular formula is C29H38N2O5. The Labute approximate surface area is 214 Å². The van der Waals surface area contributed by atoms with E-state index in [0.717, 1.165) is 38.0 Å². The summed E-state index contributed by atoms with van der Waals surface area (Å²) in [7, 11) is 0. The molecule has 1 amide bonds. The van der Waals surface area contributed by atoms with Gasteiger partial charge in [0.2, 0.25) is 0 Å². The lowest BCUT2D eigenvalue weighted by atomic mass is 9.95. The van der Waals surface area contributed by atoms with Crippen molar-refractivity contribution < 1.29 is 24.2 Å². The standard InChI is InChI=1S/C29H38N2O5/c1-5-19-36-23-15-13-21(14-16-23)27(32)25-26(22-11-9-12-24(20-22)35-8-4)31(29(34)28(25)33)18-10-17-30(6-2)7-3/h9,11-16,20,26,32H,5-8,10,17-19H2,1-4H3/b27-25+. The molecule has 1 aliphatic rings. The van der Waals surface area contributed by atoms with E-state index in [4.69, 9.17) is 9.47 Å². The average Bonchev–Trinajstić information content (AvgIpc) is 3.15. The summed E-state index contributed by atoms with van der Waals surface area (Å²) in [6, 6.07) is 13.6. The van der Waals surface area contributed by atoms with Gasteiger partial charge in [0.15, 0.2) is 0 Å². The molecule has 1 saturated heterocycles. The lowest BCUT2D eigenvalue weighted by molar-refractivity contribution is -0.140. The summed E-state index contributed by atoms with van der Waals surface area (Å²) in [4.78, 5) is 30.3. The van der Waals surface area contributed by atoms with Crippen molar-refractivity contribution in [1.29, 1.82) is 0 Å². The molecular weight excluding hydrogens is 456 g/mol. The van der Waals surface area contributed by atoms with Crippen molar-refractivity contribution in [1.82, 2.24) is 9.80 Å². The number of ether oxygens (including phenoxy) is 2. The Balaban J connectivity index is 2.01. The van der Waals surface area contributed by atoms with Crippen LogP contribution in [-0.2, 0) is 9.59 Å². The number of Topliss-reactive ketones (excluding diaryl/α,β-unsaturated/α-hetero) is 1. The number of ketones is 1. The molecule has 1 heterocycles. The fourth-order valence-corrected chi connectivity index (χ4v) is 4.49. The van der Waals surface area contributed by atoms with Crippen molar-refractivity contribution in [3.05, 3.63) is 65.2 Å². The molecule has 0 spiro atoms. The molecule has 2 aromatic carbocycles. The van der Waals surface area contributed by atoms with Gasteiger partial charge in [-0.3, -0.25) is 9.59 Å². The molecule has 1 fully saturated rings. The third-order valence-electron chi connectivity index (χ3n) is 6.39. The molecule has 2 aromatic rings. The van der Waals surface area contributed by atoms with Gasteiger partial charge in [-0.1, -0.05) is 32.9 Å². The zero-order valence-corrected chi connectivity index (χ0v) is 21.8. The van der Waals surface area contributed by atoms with Crippen molar-refractivity contribution in [2.45, 2.75) is 46.6 Å². The van der Waals surface area contributed by atoms with Gasteiger partial charge in [-0.2, -0.15) is 0 Å². The Morgan fingerprint density at radius 3 is 2.33 bits per heavy atom. The zero-order chi connectivity index (χ0) is 26.1. The molecule has 194 valence electrons. The Morgan fingerprint density at radius 1 is 0.972 bits per heavy atom. The van der Waals surface area contributed by atoms with Gasteiger partial charge < -0.3 is 24.4 Å². The number of hydrogen-bond donors (Lipinski definition) is 1. The molecule has 0 radical (unpaired) electrons. The van der Waals surface area contributed by atoms with Crippen LogP contribution in [0.25, 0.3) is 5.76 Å². The predicted octanol–water partition coefficient (Wildman–Crippen LogP) is 5.03. The first kappa shape index (κ1) is 27.3. The smallest absolute Gasteiger partial charge is 0.295 e. The number of nitrogens with zero attached hydrogens (tertiary/aromatic N) is 2. The van der Waals surface area contributed by atoms with Crippen molar-refractivity contribution in [2.24, 2.45) is 0 Å². The Morgan fingerprint density at radius 2 is 1.69 bits per heavy atom. The van der Waals surface area contributed by atoms with Crippen LogP contribution in [0.3, 0.4) is 0 Å². The van der Waals surface area contributed by atoms with Gasteiger partial charge in [0.25, 0.3) is 11.7 Å². The quantitative estimate of drug-likeness (QED) is 0.239. The summed E-state index contributed by atoms with van der Waals surface area (Å²) in [5.74, 6) is -0.111. The second-order valence-electron chi connectivity index (χ2n) is 8.75. The molecule has 0 aliphatic carbocycles. The van der Waals surface area contributed by atoms with E-state index in [1.165, 1.54) is 0 Å². The molecule has 7 nitrogen and oxygen atoms in total. The van der Waals surface area contributed by atoms with Crippen LogP contribution in [0, 0.1) is 0 Å². The van der Waals surface area contributed by atoms with Crippen LogP contribution in [-0.4, -0.2) is 66.0 Å². The van der Waals surface area contributed by atoms with E-state index in [9.17, 15) is 14.7 Å². The number of carbonyl (C=O) groups is 2. The number of rotatable bonds is 13. The summed E-state index contributed by atoms with van der Waals surface area (Å²) in [6.45, 7) is 12.3. The third-order valence-corrected chi connectivity index (χ3v) is 6.39. The highest BCUT2D eigenvalue weighted by Gasteiger charge is 2.45. The van der Waals surface area contributed by atoms with E-state index in [-0.39, 0.29) is 11.3 Å². The summed E-state index contributed by atoms with van der Waals surface area (Å²) in [5.41, 5.74) is 1.29. The molecule has 0 aromatic heterocycles. The van der Waals surface area contributed by atoms with Gasteiger partial charge >= 0.3 is 0 Å².